The van der Waals surface area contributed by atoms with Gasteiger partial charge < -0.3 is 10.9 Å². The number of benzene rings is 1. The van der Waals surface area contributed by atoms with Crippen molar-refractivity contribution in [2.45, 2.75) is 24.7 Å². The summed E-state index contributed by atoms with van der Waals surface area (Å²) in [4.78, 5) is 0.838. The number of hydrogen-bond donors (Lipinski definition) is 2. The third kappa shape index (κ3) is 3.41. The van der Waals surface area contributed by atoms with Gasteiger partial charge in [-0.1, -0.05) is 18.5 Å². The zero-order chi connectivity index (χ0) is 12.0. The van der Waals surface area contributed by atoms with E-state index < -0.39 is 0 Å². The van der Waals surface area contributed by atoms with Crippen LogP contribution < -0.4 is 5.73 Å². The van der Waals surface area contributed by atoms with Crippen LogP contribution in [0, 0.1) is 5.82 Å². The monoisotopic (exact) mass is 242 g/mol. The van der Waals surface area contributed by atoms with Gasteiger partial charge in [0.1, 0.15) is 5.82 Å². The summed E-state index contributed by atoms with van der Waals surface area (Å²) < 4.78 is 13.0. The van der Waals surface area contributed by atoms with Gasteiger partial charge in [0, 0.05) is 10.5 Å². The van der Waals surface area contributed by atoms with Crippen LogP contribution in [0.4, 0.5) is 4.39 Å². The first kappa shape index (κ1) is 12.8. The van der Waals surface area contributed by atoms with Crippen molar-refractivity contribution in [3.63, 3.8) is 0 Å². The van der Waals surface area contributed by atoms with Gasteiger partial charge in [0.2, 0.25) is 0 Å². The number of thioether (sulfide) groups is 1. The number of unbranched alkanes of at least 4 members (excludes halogenated alkanes) is 1. The van der Waals surface area contributed by atoms with Crippen molar-refractivity contribution in [1.29, 1.82) is 0 Å². The summed E-state index contributed by atoms with van der Waals surface area (Å²) in [6.07, 6.45) is 2.19. The first-order valence-electron chi connectivity index (χ1n) is 5.09. The van der Waals surface area contributed by atoms with Crippen LogP contribution in [-0.4, -0.2) is 16.8 Å². The molecule has 0 unspecified atom stereocenters. The molecule has 16 heavy (non-hydrogen) atoms. The smallest absolute Gasteiger partial charge is 0.171 e. The first-order chi connectivity index (χ1) is 7.69. The van der Waals surface area contributed by atoms with Crippen molar-refractivity contribution >= 4 is 17.6 Å². The van der Waals surface area contributed by atoms with Crippen LogP contribution in [0.5, 0.6) is 0 Å². The molecule has 3 N–H and O–H groups in total. The second-order valence-corrected chi connectivity index (χ2v) is 4.46. The number of oxime groups is 1. The van der Waals surface area contributed by atoms with Gasteiger partial charge in [-0.15, -0.1) is 11.8 Å². The lowest BCUT2D eigenvalue weighted by molar-refractivity contribution is 0.318. The highest BCUT2D eigenvalue weighted by Gasteiger charge is 2.08. The Hall–Kier alpha value is -1.23. The van der Waals surface area contributed by atoms with Crippen LogP contribution in [0.15, 0.2) is 28.3 Å². The van der Waals surface area contributed by atoms with E-state index in [-0.39, 0.29) is 11.7 Å². The normalized spacial score (nSPS) is 11.8. The third-order valence-electron chi connectivity index (χ3n) is 2.08. The molecule has 0 saturated carbocycles. The summed E-state index contributed by atoms with van der Waals surface area (Å²) in [5, 5.41) is 11.5. The van der Waals surface area contributed by atoms with Gasteiger partial charge in [-0.05, 0) is 30.4 Å². The molecule has 0 bridgehead atoms. The number of amidine groups is 1. The molecule has 0 saturated heterocycles. The molecular weight excluding hydrogens is 227 g/mol. The molecule has 3 nitrogen and oxygen atoms in total. The zero-order valence-electron chi connectivity index (χ0n) is 9.11. The predicted molar refractivity (Wildman–Crippen MR) is 64.5 cm³/mol. The third-order valence-corrected chi connectivity index (χ3v) is 3.24. The number of rotatable bonds is 5. The number of hydrogen-bond acceptors (Lipinski definition) is 3. The molecular formula is C11H15FN2OS. The Bertz CT molecular complexity index is 382. The molecule has 0 spiro atoms. The molecule has 0 heterocycles. The highest BCUT2D eigenvalue weighted by atomic mass is 32.2. The summed E-state index contributed by atoms with van der Waals surface area (Å²) in [7, 11) is 0. The van der Waals surface area contributed by atoms with E-state index in [2.05, 4.69) is 12.1 Å². The van der Waals surface area contributed by atoms with Gasteiger partial charge in [-0.3, -0.25) is 0 Å². The molecule has 0 amide bonds. The van der Waals surface area contributed by atoms with E-state index in [4.69, 9.17) is 10.9 Å². The molecule has 0 atom stereocenters. The molecule has 1 rings (SSSR count). The van der Waals surface area contributed by atoms with Crippen LogP contribution in [-0.2, 0) is 0 Å². The van der Waals surface area contributed by atoms with Gasteiger partial charge in [-0.25, -0.2) is 4.39 Å². The molecule has 0 aliphatic heterocycles. The lowest BCUT2D eigenvalue weighted by Gasteiger charge is -2.07. The average molecular weight is 242 g/mol. The van der Waals surface area contributed by atoms with E-state index in [9.17, 15) is 4.39 Å². The fraction of sp³-hybridized carbons (Fsp3) is 0.364. The SMILES string of the molecule is CCCCSc1ccc(F)cc1C(N)=NO. The van der Waals surface area contributed by atoms with Crippen LogP contribution in [0.1, 0.15) is 25.3 Å². The Morgan fingerprint density at radius 2 is 2.31 bits per heavy atom. The molecule has 88 valence electrons. The summed E-state index contributed by atoms with van der Waals surface area (Å²) in [6.45, 7) is 2.11. The van der Waals surface area contributed by atoms with Crippen molar-refractivity contribution in [3.8, 4) is 0 Å². The minimum atomic E-state index is -0.388. The van der Waals surface area contributed by atoms with Crippen molar-refractivity contribution in [1.82, 2.24) is 0 Å². The predicted octanol–water partition coefficient (Wildman–Crippen LogP) is 2.81. The topological polar surface area (TPSA) is 58.6 Å². The van der Waals surface area contributed by atoms with E-state index in [1.807, 2.05) is 0 Å². The minimum Gasteiger partial charge on any atom is -0.409 e. The molecule has 0 aliphatic carbocycles. The highest BCUT2D eigenvalue weighted by Crippen LogP contribution is 2.24. The molecule has 5 heteroatoms. The van der Waals surface area contributed by atoms with Crippen LogP contribution in [0.2, 0.25) is 0 Å². The van der Waals surface area contributed by atoms with E-state index in [1.54, 1.807) is 17.8 Å². The van der Waals surface area contributed by atoms with Crippen molar-refractivity contribution in [3.05, 3.63) is 29.6 Å². The molecule has 0 aromatic heterocycles. The Morgan fingerprint density at radius 1 is 1.56 bits per heavy atom. The van der Waals surface area contributed by atoms with Crippen molar-refractivity contribution in [2.24, 2.45) is 10.9 Å². The number of halogens is 1. The summed E-state index contributed by atoms with van der Waals surface area (Å²) >= 11 is 1.59. The van der Waals surface area contributed by atoms with Gasteiger partial charge >= 0.3 is 0 Å². The highest BCUT2D eigenvalue weighted by molar-refractivity contribution is 7.99. The Kier molecular flexibility index (Phi) is 5.11. The molecule has 0 fully saturated rings. The maximum absolute atomic E-state index is 13.0. The van der Waals surface area contributed by atoms with E-state index in [0.29, 0.717) is 5.56 Å². The largest absolute Gasteiger partial charge is 0.409 e. The fourth-order valence-corrected chi connectivity index (χ4v) is 2.34. The quantitative estimate of drug-likeness (QED) is 0.208. The minimum absolute atomic E-state index is 0.0569. The van der Waals surface area contributed by atoms with Crippen LogP contribution in [0.25, 0.3) is 0 Å². The summed E-state index contributed by atoms with van der Waals surface area (Å²) in [6, 6.07) is 4.31. The molecule has 1 aromatic rings. The van der Waals surface area contributed by atoms with Gasteiger partial charge in [0.15, 0.2) is 5.84 Å². The fourth-order valence-electron chi connectivity index (χ4n) is 1.21. The maximum Gasteiger partial charge on any atom is 0.171 e. The first-order valence-corrected chi connectivity index (χ1v) is 6.07. The Labute approximate surface area is 98.5 Å². The van der Waals surface area contributed by atoms with E-state index in [0.717, 1.165) is 23.5 Å². The van der Waals surface area contributed by atoms with E-state index in [1.165, 1.54) is 12.1 Å². The molecule has 0 aliphatic rings. The Balaban J connectivity index is 2.89. The number of nitrogens with two attached hydrogens (primary N) is 1. The number of nitrogens with zero attached hydrogens (tertiary/aromatic N) is 1. The summed E-state index contributed by atoms with van der Waals surface area (Å²) in [5.41, 5.74) is 5.94. The standard InChI is InChI=1S/C11H15FN2OS/c1-2-3-6-16-10-5-4-8(12)7-9(10)11(13)14-15/h4-5,7,15H,2-3,6H2,1H3,(H2,13,14). The van der Waals surface area contributed by atoms with Crippen molar-refractivity contribution < 1.29 is 9.60 Å². The lowest BCUT2D eigenvalue weighted by atomic mass is 10.2. The molecule has 0 radical (unpaired) electrons. The average Bonchev–Trinajstić information content (AvgIpc) is 2.30. The zero-order valence-corrected chi connectivity index (χ0v) is 9.93. The van der Waals surface area contributed by atoms with E-state index >= 15 is 0 Å². The van der Waals surface area contributed by atoms with Crippen LogP contribution in [0.3, 0.4) is 0 Å². The van der Waals surface area contributed by atoms with Gasteiger partial charge in [0.05, 0.1) is 0 Å². The second-order valence-electron chi connectivity index (χ2n) is 3.33. The van der Waals surface area contributed by atoms with Crippen LogP contribution >= 0.6 is 11.8 Å². The second kappa shape index (κ2) is 6.37. The van der Waals surface area contributed by atoms with Crippen molar-refractivity contribution in [2.75, 3.05) is 5.75 Å². The lowest BCUT2D eigenvalue weighted by Crippen LogP contribution is -2.14. The Morgan fingerprint density at radius 3 is 2.94 bits per heavy atom. The maximum atomic E-state index is 13.0. The van der Waals surface area contributed by atoms with Gasteiger partial charge in [-0.2, -0.15) is 0 Å². The molecule has 1 aromatic carbocycles. The van der Waals surface area contributed by atoms with Gasteiger partial charge in [0.25, 0.3) is 0 Å². The summed E-state index contributed by atoms with van der Waals surface area (Å²) in [5.74, 6) is 0.494.